The molecule has 1 unspecified atom stereocenters. The lowest BCUT2D eigenvalue weighted by Gasteiger charge is -2.33. The molecular weight excluding hydrogens is 255 g/mol. The summed E-state index contributed by atoms with van der Waals surface area (Å²) in [6.45, 7) is 3.63. The molecule has 1 heterocycles. The maximum absolute atomic E-state index is 13.7. The monoisotopic (exact) mass is 272 g/mol. The van der Waals surface area contributed by atoms with Crippen LogP contribution >= 0.6 is 11.6 Å². The van der Waals surface area contributed by atoms with Crippen LogP contribution in [0.3, 0.4) is 0 Å². The Morgan fingerprint density at radius 3 is 3.11 bits per heavy atom. The molecule has 1 fully saturated rings. The summed E-state index contributed by atoms with van der Waals surface area (Å²) in [6.07, 6.45) is 0.161. The highest BCUT2D eigenvalue weighted by Gasteiger charge is 2.21. The van der Waals surface area contributed by atoms with Crippen LogP contribution in [0.2, 0.25) is 5.02 Å². The first-order valence-electron chi connectivity index (χ1n) is 6.12. The number of hydrogen-bond donors (Lipinski definition) is 1. The molecular formula is C13H18ClFN2O. The van der Waals surface area contributed by atoms with Crippen molar-refractivity contribution in [3.8, 4) is 0 Å². The van der Waals surface area contributed by atoms with Crippen molar-refractivity contribution in [1.29, 1.82) is 0 Å². The Kier molecular flexibility index (Phi) is 4.95. The molecule has 100 valence electrons. The molecule has 1 saturated heterocycles. The van der Waals surface area contributed by atoms with Gasteiger partial charge in [0.05, 0.1) is 12.7 Å². The number of hydrogen-bond acceptors (Lipinski definition) is 3. The number of likely N-dealkylation sites (N-methyl/N-ethyl adjacent to an activating group) is 1. The van der Waals surface area contributed by atoms with E-state index in [0.29, 0.717) is 23.7 Å². The molecule has 2 rings (SSSR count). The van der Waals surface area contributed by atoms with Crippen molar-refractivity contribution in [3.05, 3.63) is 34.6 Å². The highest BCUT2D eigenvalue weighted by atomic mass is 35.5. The third kappa shape index (κ3) is 3.42. The fourth-order valence-electron chi connectivity index (χ4n) is 2.18. The molecule has 1 aliphatic heterocycles. The number of benzene rings is 1. The third-order valence-corrected chi connectivity index (χ3v) is 3.45. The summed E-state index contributed by atoms with van der Waals surface area (Å²) in [4.78, 5) is 2.18. The molecule has 1 atom stereocenters. The maximum Gasteiger partial charge on any atom is 0.129 e. The van der Waals surface area contributed by atoms with Gasteiger partial charge in [0.1, 0.15) is 5.82 Å². The van der Waals surface area contributed by atoms with Gasteiger partial charge in [-0.3, -0.25) is 4.90 Å². The first-order chi connectivity index (χ1) is 8.70. The van der Waals surface area contributed by atoms with Crippen LogP contribution < -0.4 is 5.32 Å². The quantitative estimate of drug-likeness (QED) is 0.906. The highest BCUT2D eigenvalue weighted by molar-refractivity contribution is 6.31. The molecule has 0 amide bonds. The van der Waals surface area contributed by atoms with Crippen molar-refractivity contribution >= 4 is 11.6 Å². The summed E-state index contributed by atoms with van der Waals surface area (Å²) >= 11 is 6.04. The Labute approximate surface area is 112 Å². The zero-order chi connectivity index (χ0) is 13.0. The first kappa shape index (κ1) is 13.7. The lowest BCUT2D eigenvalue weighted by molar-refractivity contribution is -0.0294. The van der Waals surface area contributed by atoms with Gasteiger partial charge in [0, 0.05) is 36.8 Å². The van der Waals surface area contributed by atoms with Gasteiger partial charge in [0.15, 0.2) is 0 Å². The SMILES string of the molecule is CNCC1CN(Cc2c(F)cccc2Cl)CCO1. The van der Waals surface area contributed by atoms with Crippen LogP contribution in [0.1, 0.15) is 5.56 Å². The van der Waals surface area contributed by atoms with Gasteiger partial charge in [-0.15, -0.1) is 0 Å². The molecule has 18 heavy (non-hydrogen) atoms. The van der Waals surface area contributed by atoms with E-state index in [2.05, 4.69) is 10.2 Å². The minimum Gasteiger partial charge on any atom is -0.374 e. The van der Waals surface area contributed by atoms with Crippen LogP contribution in [0.15, 0.2) is 18.2 Å². The zero-order valence-corrected chi connectivity index (χ0v) is 11.2. The topological polar surface area (TPSA) is 24.5 Å². The number of halogens is 2. The predicted molar refractivity (Wildman–Crippen MR) is 70.4 cm³/mol. The Bertz CT molecular complexity index is 380. The van der Waals surface area contributed by atoms with E-state index >= 15 is 0 Å². The van der Waals surface area contributed by atoms with Gasteiger partial charge in [-0.2, -0.15) is 0 Å². The van der Waals surface area contributed by atoms with Crippen molar-refractivity contribution in [1.82, 2.24) is 10.2 Å². The smallest absolute Gasteiger partial charge is 0.129 e. The van der Waals surface area contributed by atoms with Crippen molar-refractivity contribution in [2.45, 2.75) is 12.6 Å². The van der Waals surface area contributed by atoms with Crippen LogP contribution in [0.25, 0.3) is 0 Å². The van der Waals surface area contributed by atoms with Crippen molar-refractivity contribution < 1.29 is 9.13 Å². The molecule has 1 aromatic rings. The van der Waals surface area contributed by atoms with Crippen LogP contribution in [0.4, 0.5) is 4.39 Å². The van der Waals surface area contributed by atoms with Crippen LogP contribution in [-0.2, 0) is 11.3 Å². The maximum atomic E-state index is 13.7. The average Bonchev–Trinajstić information content (AvgIpc) is 2.35. The van der Waals surface area contributed by atoms with Gasteiger partial charge in [-0.05, 0) is 19.2 Å². The number of morpholine rings is 1. The van der Waals surface area contributed by atoms with E-state index in [1.165, 1.54) is 6.07 Å². The molecule has 1 N–H and O–H groups in total. The Balaban J connectivity index is 2.00. The first-order valence-corrected chi connectivity index (χ1v) is 6.50. The fraction of sp³-hybridized carbons (Fsp3) is 0.538. The molecule has 0 bridgehead atoms. The summed E-state index contributed by atoms with van der Waals surface area (Å²) in [7, 11) is 1.90. The van der Waals surface area contributed by atoms with Gasteiger partial charge in [-0.1, -0.05) is 17.7 Å². The van der Waals surface area contributed by atoms with Gasteiger partial charge in [0.2, 0.25) is 0 Å². The van der Waals surface area contributed by atoms with E-state index in [-0.39, 0.29) is 11.9 Å². The summed E-state index contributed by atoms with van der Waals surface area (Å²) in [5.74, 6) is -0.237. The second-order valence-corrected chi connectivity index (χ2v) is 4.89. The van der Waals surface area contributed by atoms with Gasteiger partial charge in [-0.25, -0.2) is 4.39 Å². The number of nitrogens with one attached hydrogen (secondary N) is 1. The van der Waals surface area contributed by atoms with E-state index in [0.717, 1.165) is 19.6 Å². The summed E-state index contributed by atoms with van der Waals surface area (Å²) < 4.78 is 19.3. The van der Waals surface area contributed by atoms with Crippen molar-refractivity contribution in [2.75, 3.05) is 33.3 Å². The van der Waals surface area contributed by atoms with E-state index < -0.39 is 0 Å². The second-order valence-electron chi connectivity index (χ2n) is 4.49. The molecule has 0 spiro atoms. The molecule has 1 aliphatic rings. The van der Waals surface area contributed by atoms with Crippen LogP contribution in [0, 0.1) is 5.82 Å². The third-order valence-electron chi connectivity index (χ3n) is 3.10. The minimum absolute atomic E-state index is 0.161. The highest BCUT2D eigenvalue weighted by Crippen LogP contribution is 2.21. The minimum atomic E-state index is -0.237. The van der Waals surface area contributed by atoms with Gasteiger partial charge < -0.3 is 10.1 Å². The second kappa shape index (κ2) is 6.48. The van der Waals surface area contributed by atoms with Crippen LogP contribution in [-0.4, -0.2) is 44.3 Å². The van der Waals surface area contributed by atoms with Crippen molar-refractivity contribution in [2.24, 2.45) is 0 Å². The van der Waals surface area contributed by atoms with E-state index in [1.807, 2.05) is 7.05 Å². The molecule has 0 radical (unpaired) electrons. The number of rotatable bonds is 4. The fourth-order valence-corrected chi connectivity index (χ4v) is 2.40. The summed E-state index contributed by atoms with van der Waals surface area (Å²) in [5.41, 5.74) is 0.573. The van der Waals surface area contributed by atoms with E-state index in [4.69, 9.17) is 16.3 Å². The summed E-state index contributed by atoms with van der Waals surface area (Å²) in [6, 6.07) is 4.81. The molecule has 0 aromatic heterocycles. The Hall–Kier alpha value is -0.680. The summed E-state index contributed by atoms with van der Waals surface area (Å²) in [5, 5.41) is 3.59. The molecule has 0 aliphatic carbocycles. The van der Waals surface area contributed by atoms with E-state index in [9.17, 15) is 4.39 Å². The molecule has 5 heteroatoms. The molecule has 3 nitrogen and oxygen atoms in total. The largest absolute Gasteiger partial charge is 0.374 e. The van der Waals surface area contributed by atoms with Crippen molar-refractivity contribution in [3.63, 3.8) is 0 Å². The van der Waals surface area contributed by atoms with Gasteiger partial charge >= 0.3 is 0 Å². The molecule has 0 saturated carbocycles. The number of nitrogens with zero attached hydrogens (tertiary/aromatic N) is 1. The lowest BCUT2D eigenvalue weighted by atomic mass is 10.1. The molecule has 1 aromatic carbocycles. The Morgan fingerprint density at radius 1 is 1.56 bits per heavy atom. The van der Waals surface area contributed by atoms with Gasteiger partial charge in [0.25, 0.3) is 0 Å². The average molecular weight is 273 g/mol. The van der Waals surface area contributed by atoms with E-state index in [1.54, 1.807) is 12.1 Å². The number of ether oxygens (including phenoxy) is 1. The predicted octanol–water partition coefficient (Wildman–Crippen LogP) is 1.90. The Morgan fingerprint density at radius 2 is 2.39 bits per heavy atom. The van der Waals surface area contributed by atoms with Crippen LogP contribution in [0.5, 0.6) is 0 Å². The zero-order valence-electron chi connectivity index (χ0n) is 10.5. The normalized spacial score (nSPS) is 21.2. The lowest BCUT2D eigenvalue weighted by Crippen LogP contribution is -2.45. The standard InChI is InChI=1S/C13H18ClFN2O/c1-16-7-10-8-17(5-6-18-10)9-11-12(14)3-2-4-13(11)15/h2-4,10,16H,5-9H2,1H3.